The Kier molecular flexibility index (Phi) is 5.03. The number of morpholine rings is 1. The Hall–Kier alpha value is -0.580. The fourth-order valence-electron chi connectivity index (χ4n) is 1.99. The molecule has 1 aliphatic rings. The number of nitrogens with zero attached hydrogens (tertiary/aromatic N) is 1. The minimum atomic E-state index is -0.0460. The lowest BCUT2D eigenvalue weighted by Gasteiger charge is -2.33. The van der Waals surface area contributed by atoms with E-state index in [0.29, 0.717) is 36.5 Å². The molecule has 0 bridgehead atoms. The summed E-state index contributed by atoms with van der Waals surface area (Å²) in [6.07, 6.45) is 0.489. The normalized spacial score (nSPS) is 19.9. The van der Waals surface area contributed by atoms with Gasteiger partial charge in [-0.3, -0.25) is 4.79 Å². The van der Waals surface area contributed by atoms with Crippen molar-refractivity contribution >= 4 is 33.4 Å². The van der Waals surface area contributed by atoms with Crippen molar-refractivity contribution in [1.29, 1.82) is 0 Å². The van der Waals surface area contributed by atoms with E-state index in [4.69, 9.17) is 16.3 Å². The molecule has 0 saturated carbocycles. The van der Waals surface area contributed by atoms with Crippen LogP contribution in [-0.2, 0) is 9.53 Å². The van der Waals surface area contributed by atoms with Gasteiger partial charge in [-0.15, -0.1) is 0 Å². The average Bonchev–Trinajstić information content (AvgIpc) is 2.40. The molecule has 18 heavy (non-hydrogen) atoms. The van der Waals surface area contributed by atoms with Crippen LogP contribution in [0.25, 0.3) is 0 Å². The highest BCUT2D eigenvalue weighted by molar-refractivity contribution is 9.09. The fraction of sp³-hybridized carbons (Fsp3) is 0.462. The van der Waals surface area contributed by atoms with Gasteiger partial charge in [-0.1, -0.05) is 39.7 Å². The molecule has 0 N–H and O–H groups in total. The Morgan fingerprint density at radius 1 is 1.44 bits per heavy atom. The van der Waals surface area contributed by atoms with Crippen LogP contribution in [0.4, 0.5) is 0 Å². The lowest BCUT2D eigenvalue weighted by molar-refractivity contribution is -0.138. The second-order valence-corrected chi connectivity index (χ2v) is 5.42. The van der Waals surface area contributed by atoms with Gasteiger partial charge in [0.25, 0.3) is 0 Å². The lowest BCUT2D eigenvalue weighted by Crippen LogP contribution is -2.42. The van der Waals surface area contributed by atoms with Crippen molar-refractivity contribution < 1.29 is 9.53 Å². The number of ether oxygens (including phenoxy) is 1. The number of rotatable bonds is 3. The average molecular weight is 333 g/mol. The van der Waals surface area contributed by atoms with Crippen molar-refractivity contribution in [2.75, 3.05) is 25.0 Å². The van der Waals surface area contributed by atoms with E-state index in [2.05, 4.69) is 15.9 Å². The van der Waals surface area contributed by atoms with Crippen LogP contribution in [0.15, 0.2) is 24.3 Å². The standard InChI is InChI=1S/C13H15BrClNO2/c14-6-5-13(17)16-7-8-18-12(9-16)10-1-3-11(15)4-2-10/h1-4,12H,5-9H2. The minimum absolute atomic E-state index is 0.0460. The minimum Gasteiger partial charge on any atom is -0.370 e. The molecule has 1 heterocycles. The monoisotopic (exact) mass is 331 g/mol. The first kappa shape index (κ1) is 13.8. The van der Waals surface area contributed by atoms with Gasteiger partial charge in [0, 0.05) is 23.3 Å². The molecule has 0 radical (unpaired) electrons. The first-order valence-electron chi connectivity index (χ1n) is 5.91. The van der Waals surface area contributed by atoms with Gasteiger partial charge >= 0.3 is 0 Å². The molecule has 1 atom stereocenters. The van der Waals surface area contributed by atoms with Gasteiger partial charge in [0.15, 0.2) is 0 Å². The Bertz CT molecular complexity index is 410. The number of amides is 1. The third-order valence-electron chi connectivity index (χ3n) is 2.97. The van der Waals surface area contributed by atoms with Crippen LogP contribution in [-0.4, -0.2) is 35.8 Å². The van der Waals surface area contributed by atoms with Gasteiger partial charge in [0.2, 0.25) is 5.91 Å². The summed E-state index contributed by atoms with van der Waals surface area (Å²) in [5, 5.41) is 1.41. The molecule has 3 nitrogen and oxygen atoms in total. The summed E-state index contributed by atoms with van der Waals surface area (Å²) in [5.41, 5.74) is 1.07. The number of benzene rings is 1. The van der Waals surface area contributed by atoms with Crippen LogP contribution in [0, 0.1) is 0 Å². The number of alkyl halides is 1. The fourth-order valence-corrected chi connectivity index (χ4v) is 2.46. The van der Waals surface area contributed by atoms with Crippen molar-refractivity contribution in [3.8, 4) is 0 Å². The van der Waals surface area contributed by atoms with E-state index in [1.165, 1.54) is 0 Å². The molecule has 5 heteroatoms. The largest absolute Gasteiger partial charge is 0.370 e. The maximum absolute atomic E-state index is 11.8. The summed E-state index contributed by atoms with van der Waals surface area (Å²) in [6, 6.07) is 7.59. The van der Waals surface area contributed by atoms with Gasteiger partial charge in [-0.05, 0) is 17.7 Å². The summed E-state index contributed by atoms with van der Waals surface area (Å²) < 4.78 is 5.71. The van der Waals surface area contributed by atoms with Crippen molar-refractivity contribution in [2.24, 2.45) is 0 Å². The third kappa shape index (κ3) is 3.46. The van der Waals surface area contributed by atoms with Crippen LogP contribution < -0.4 is 0 Å². The molecular weight excluding hydrogens is 318 g/mol. The Balaban J connectivity index is 2.02. The first-order chi connectivity index (χ1) is 8.70. The van der Waals surface area contributed by atoms with Gasteiger partial charge in [0.1, 0.15) is 6.10 Å². The number of carbonyl (C=O) groups excluding carboxylic acids is 1. The van der Waals surface area contributed by atoms with E-state index in [1.54, 1.807) is 0 Å². The number of hydrogen-bond acceptors (Lipinski definition) is 2. The van der Waals surface area contributed by atoms with E-state index in [9.17, 15) is 4.79 Å². The van der Waals surface area contributed by atoms with Gasteiger partial charge < -0.3 is 9.64 Å². The molecular formula is C13H15BrClNO2. The molecule has 1 aromatic rings. The smallest absolute Gasteiger partial charge is 0.223 e. The summed E-state index contributed by atoms with van der Waals surface area (Å²) in [7, 11) is 0. The van der Waals surface area contributed by atoms with Crippen LogP contribution in [0.2, 0.25) is 5.02 Å². The highest BCUT2D eigenvalue weighted by atomic mass is 79.9. The van der Waals surface area contributed by atoms with Gasteiger partial charge in [-0.25, -0.2) is 0 Å². The molecule has 0 aliphatic carbocycles. The van der Waals surface area contributed by atoms with Crippen LogP contribution in [0.3, 0.4) is 0 Å². The first-order valence-corrected chi connectivity index (χ1v) is 7.41. The Morgan fingerprint density at radius 2 is 2.17 bits per heavy atom. The second-order valence-electron chi connectivity index (χ2n) is 4.19. The number of carbonyl (C=O) groups is 1. The summed E-state index contributed by atoms with van der Waals surface area (Å²) >= 11 is 9.15. The van der Waals surface area contributed by atoms with Crippen molar-refractivity contribution in [3.05, 3.63) is 34.9 Å². The third-order valence-corrected chi connectivity index (χ3v) is 3.62. The van der Waals surface area contributed by atoms with Gasteiger partial charge in [-0.2, -0.15) is 0 Å². The van der Waals surface area contributed by atoms with Crippen LogP contribution in [0.1, 0.15) is 18.1 Å². The highest BCUT2D eigenvalue weighted by Gasteiger charge is 2.24. The molecule has 98 valence electrons. The van der Waals surface area contributed by atoms with E-state index in [0.717, 1.165) is 5.56 Å². The SMILES string of the molecule is O=C(CCBr)N1CCOC(c2ccc(Cl)cc2)C1. The molecule has 1 unspecified atom stereocenters. The number of hydrogen-bond donors (Lipinski definition) is 0. The molecule has 1 aliphatic heterocycles. The predicted octanol–water partition coefficient (Wildman–Crippen LogP) is 3.02. The Labute approximate surface area is 120 Å². The maximum atomic E-state index is 11.8. The summed E-state index contributed by atoms with van der Waals surface area (Å²) in [6.45, 7) is 1.88. The molecule has 0 spiro atoms. The second kappa shape index (κ2) is 6.55. The molecule has 1 amide bonds. The van der Waals surface area contributed by atoms with Crippen molar-refractivity contribution in [3.63, 3.8) is 0 Å². The summed E-state index contributed by atoms with van der Waals surface area (Å²) in [5.74, 6) is 0.175. The van der Waals surface area contributed by atoms with E-state index in [1.807, 2.05) is 29.2 Å². The molecule has 1 aromatic carbocycles. The zero-order valence-electron chi connectivity index (χ0n) is 9.94. The zero-order valence-corrected chi connectivity index (χ0v) is 12.3. The molecule has 1 saturated heterocycles. The van der Waals surface area contributed by atoms with Crippen molar-refractivity contribution in [2.45, 2.75) is 12.5 Å². The molecule has 2 rings (SSSR count). The van der Waals surface area contributed by atoms with Crippen LogP contribution >= 0.6 is 27.5 Å². The zero-order chi connectivity index (χ0) is 13.0. The van der Waals surface area contributed by atoms with Crippen molar-refractivity contribution in [1.82, 2.24) is 4.90 Å². The molecule has 0 aromatic heterocycles. The van der Waals surface area contributed by atoms with E-state index in [-0.39, 0.29) is 12.0 Å². The topological polar surface area (TPSA) is 29.5 Å². The van der Waals surface area contributed by atoms with Crippen LogP contribution in [0.5, 0.6) is 0 Å². The quantitative estimate of drug-likeness (QED) is 0.796. The Morgan fingerprint density at radius 3 is 2.83 bits per heavy atom. The lowest BCUT2D eigenvalue weighted by atomic mass is 10.1. The highest BCUT2D eigenvalue weighted by Crippen LogP contribution is 2.24. The predicted molar refractivity (Wildman–Crippen MR) is 75.1 cm³/mol. The summed E-state index contributed by atoms with van der Waals surface area (Å²) in [4.78, 5) is 13.7. The van der Waals surface area contributed by atoms with Gasteiger partial charge in [0.05, 0.1) is 13.2 Å². The van der Waals surface area contributed by atoms with E-state index >= 15 is 0 Å². The molecule has 1 fully saturated rings. The maximum Gasteiger partial charge on any atom is 0.223 e. The van der Waals surface area contributed by atoms with E-state index < -0.39 is 0 Å². The number of halogens is 2.